The first kappa shape index (κ1) is 25.4. The number of pyridine rings is 1. The Morgan fingerprint density at radius 1 is 0.917 bits per heavy atom. The minimum Gasteiger partial charge on any atom is -0.456 e. The van der Waals surface area contributed by atoms with E-state index in [-0.39, 0.29) is 5.91 Å². The maximum absolute atomic E-state index is 13.1. The Labute approximate surface area is 213 Å². The van der Waals surface area contributed by atoms with Crippen LogP contribution in [-0.2, 0) is 17.6 Å². The smallest absolute Gasteiger partial charge is 0.340 e. The van der Waals surface area contributed by atoms with E-state index in [1.165, 1.54) is 12.0 Å². The molecule has 1 fully saturated rings. The van der Waals surface area contributed by atoms with Crippen LogP contribution in [0.2, 0.25) is 0 Å². The molecule has 6 heteroatoms. The number of carbonyl (C=O) groups is 2. The second-order valence-electron chi connectivity index (χ2n) is 10.3. The zero-order valence-corrected chi connectivity index (χ0v) is 21.4. The van der Waals surface area contributed by atoms with Crippen LogP contribution in [0.15, 0.2) is 66.9 Å². The van der Waals surface area contributed by atoms with Gasteiger partial charge in [0.25, 0.3) is 5.91 Å². The molecule has 6 nitrogen and oxygen atoms in total. The Morgan fingerprint density at radius 3 is 2.31 bits per heavy atom. The zero-order valence-electron chi connectivity index (χ0n) is 21.4. The molecule has 36 heavy (non-hydrogen) atoms. The number of carbonyl (C=O) groups excluding carboxylic acids is 2. The Balaban J connectivity index is 1.53. The van der Waals surface area contributed by atoms with Crippen molar-refractivity contribution >= 4 is 23.4 Å². The lowest BCUT2D eigenvalue weighted by atomic mass is 10.0. The predicted octanol–water partition coefficient (Wildman–Crippen LogP) is 6.06. The molecule has 0 aliphatic carbocycles. The molecular weight excluding hydrogens is 450 g/mol. The largest absolute Gasteiger partial charge is 0.456 e. The number of nitrogens with one attached hydrogen (secondary N) is 1. The van der Waals surface area contributed by atoms with Gasteiger partial charge in [0.15, 0.2) is 0 Å². The summed E-state index contributed by atoms with van der Waals surface area (Å²) in [6, 6.07) is 19.5. The average molecular weight is 486 g/mol. The van der Waals surface area contributed by atoms with E-state index in [4.69, 9.17) is 4.74 Å². The molecule has 0 radical (unpaired) electrons. The van der Waals surface area contributed by atoms with Crippen LogP contribution in [-0.4, -0.2) is 35.6 Å². The zero-order chi connectivity index (χ0) is 25.5. The van der Waals surface area contributed by atoms with Gasteiger partial charge in [-0.1, -0.05) is 36.4 Å². The van der Waals surface area contributed by atoms with Gasteiger partial charge in [0.05, 0.1) is 16.8 Å². The van der Waals surface area contributed by atoms with E-state index in [1.807, 2.05) is 57.2 Å². The molecule has 1 aliphatic rings. The minimum absolute atomic E-state index is 0.308. The number of nitrogens with zero attached hydrogens (tertiary/aromatic N) is 2. The van der Waals surface area contributed by atoms with E-state index >= 15 is 0 Å². The number of amides is 1. The summed E-state index contributed by atoms with van der Waals surface area (Å²) in [5.41, 5.74) is 2.85. The van der Waals surface area contributed by atoms with Gasteiger partial charge in [-0.3, -0.25) is 4.79 Å². The third kappa shape index (κ3) is 6.94. The molecule has 2 heterocycles. The Kier molecular flexibility index (Phi) is 8.04. The fraction of sp³-hybridized carbons (Fsp3) is 0.367. The normalized spacial score (nSPS) is 13.8. The van der Waals surface area contributed by atoms with E-state index in [0.29, 0.717) is 16.8 Å². The first-order chi connectivity index (χ1) is 17.3. The van der Waals surface area contributed by atoms with Crippen molar-refractivity contribution in [1.29, 1.82) is 0 Å². The van der Waals surface area contributed by atoms with Gasteiger partial charge in [-0.2, -0.15) is 0 Å². The first-order valence-corrected chi connectivity index (χ1v) is 12.7. The summed E-state index contributed by atoms with van der Waals surface area (Å²) < 4.78 is 5.60. The van der Waals surface area contributed by atoms with Gasteiger partial charge >= 0.3 is 5.97 Å². The molecular formula is C30H35N3O3. The number of esters is 1. The van der Waals surface area contributed by atoms with Crippen molar-refractivity contribution in [2.45, 2.75) is 58.5 Å². The summed E-state index contributed by atoms with van der Waals surface area (Å²) in [4.78, 5) is 32.8. The highest BCUT2D eigenvalue weighted by Gasteiger charge is 2.22. The average Bonchev–Trinajstić information content (AvgIpc) is 2.88. The van der Waals surface area contributed by atoms with Gasteiger partial charge in [0.2, 0.25) is 0 Å². The Bertz CT molecular complexity index is 1180. The van der Waals surface area contributed by atoms with Crippen molar-refractivity contribution in [3.05, 3.63) is 89.1 Å². The lowest BCUT2D eigenvalue weighted by Crippen LogP contribution is -2.30. The molecule has 1 aliphatic heterocycles. The number of benzene rings is 2. The van der Waals surface area contributed by atoms with Gasteiger partial charge in [-0.25, -0.2) is 9.78 Å². The molecule has 0 spiro atoms. The number of ether oxygens (including phenoxy) is 1. The molecule has 2 aromatic carbocycles. The summed E-state index contributed by atoms with van der Waals surface area (Å²) in [6.07, 6.45) is 6.83. The standard InChI is InChI=1S/C30H35N3O3/c1-30(2,3)36-29(35)25-16-14-23(13-12-22-10-6-4-7-11-22)20-26(25)32-28(34)24-15-17-27(31-21-24)33-18-8-5-9-19-33/h4,6-7,10-11,14-17,20-21H,5,8-9,12-13,18-19H2,1-3H3,(H,32,34). The molecule has 1 N–H and O–H groups in total. The van der Waals surface area contributed by atoms with Crippen LogP contribution in [0.25, 0.3) is 0 Å². The van der Waals surface area contributed by atoms with Crippen molar-refractivity contribution in [3.63, 3.8) is 0 Å². The third-order valence-corrected chi connectivity index (χ3v) is 6.19. The number of anilines is 2. The van der Waals surface area contributed by atoms with Gasteiger partial charge in [0, 0.05) is 19.3 Å². The quantitative estimate of drug-likeness (QED) is 0.412. The van der Waals surface area contributed by atoms with Crippen LogP contribution in [0.1, 0.15) is 71.9 Å². The van der Waals surface area contributed by atoms with Gasteiger partial charge in [0.1, 0.15) is 11.4 Å². The number of aryl methyl sites for hydroxylation is 2. The summed E-state index contributed by atoms with van der Waals surface area (Å²) in [5.74, 6) is 0.118. The number of hydrogen-bond donors (Lipinski definition) is 1. The lowest BCUT2D eigenvalue weighted by molar-refractivity contribution is 0.00707. The van der Waals surface area contributed by atoms with Crippen molar-refractivity contribution in [1.82, 2.24) is 4.98 Å². The lowest BCUT2D eigenvalue weighted by Gasteiger charge is -2.27. The maximum Gasteiger partial charge on any atom is 0.340 e. The predicted molar refractivity (Wildman–Crippen MR) is 144 cm³/mol. The van der Waals surface area contributed by atoms with E-state index in [0.717, 1.165) is 50.2 Å². The van der Waals surface area contributed by atoms with E-state index in [9.17, 15) is 9.59 Å². The minimum atomic E-state index is -0.640. The number of rotatable bonds is 7. The highest BCUT2D eigenvalue weighted by atomic mass is 16.6. The summed E-state index contributed by atoms with van der Waals surface area (Å²) in [7, 11) is 0. The van der Waals surface area contributed by atoms with E-state index < -0.39 is 11.6 Å². The second kappa shape index (κ2) is 11.4. The Hall–Kier alpha value is -3.67. The molecule has 0 unspecified atom stereocenters. The highest BCUT2D eigenvalue weighted by Crippen LogP contribution is 2.24. The third-order valence-electron chi connectivity index (χ3n) is 6.19. The summed E-state index contributed by atoms with van der Waals surface area (Å²) in [6.45, 7) is 7.47. The summed E-state index contributed by atoms with van der Waals surface area (Å²) in [5, 5.41) is 2.94. The van der Waals surface area contributed by atoms with Crippen LogP contribution in [0, 0.1) is 0 Å². The molecule has 1 aromatic heterocycles. The van der Waals surface area contributed by atoms with Crippen molar-refractivity contribution in [2.24, 2.45) is 0 Å². The number of piperidine rings is 1. The van der Waals surface area contributed by atoms with Crippen LogP contribution >= 0.6 is 0 Å². The van der Waals surface area contributed by atoms with Gasteiger partial charge in [-0.05, 0) is 88.3 Å². The van der Waals surface area contributed by atoms with Crippen LogP contribution in [0.4, 0.5) is 11.5 Å². The fourth-order valence-electron chi connectivity index (χ4n) is 4.32. The molecule has 188 valence electrons. The number of hydrogen-bond acceptors (Lipinski definition) is 5. The fourth-order valence-corrected chi connectivity index (χ4v) is 4.32. The van der Waals surface area contributed by atoms with E-state index in [2.05, 4.69) is 27.3 Å². The number of aromatic nitrogens is 1. The van der Waals surface area contributed by atoms with Gasteiger partial charge < -0.3 is 15.0 Å². The van der Waals surface area contributed by atoms with Gasteiger partial charge in [-0.15, -0.1) is 0 Å². The monoisotopic (exact) mass is 485 g/mol. The molecule has 4 rings (SSSR count). The summed E-state index contributed by atoms with van der Waals surface area (Å²) >= 11 is 0. The van der Waals surface area contributed by atoms with Crippen LogP contribution in [0.3, 0.4) is 0 Å². The maximum atomic E-state index is 13.1. The SMILES string of the molecule is CC(C)(C)OC(=O)c1ccc(CCc2ccccc2)cc1NC(=O)c1ccc(N2CCCCC2)nc1. The molecule has 3 aromatic rings. The van der Waals surface area contributed by atoms with Crippen LogP contribution < -0.4 is 10.2 Å². The van der Waals surface area contributed by atoms with E-state index in [1.54, 1.807) is 18.3 Å². The van der Waals surface area contributed by atoms with Crippen molar-refractivity contribution in [3.8, 4) is 0 Å². The molecule has 0 bridgehead atoms. The molecule has 1 amide bonds. The molecule has 1 saturated heterocycles. The van der Waals surface area contributed by atoms with Crippen molar-refractivity contribution in [2.75, 3.05) is 23.3 Å². The topological polar surface area (TPSA) is 71.5 Å². The highest BCUT2D eigenvalue weighted by molar-refractivity contribution is 6.08. The van der Waals surface area contributed by atoms with Crippen LogP contribution in [0.5, 0.6) is 0 Å². The first-order valence-electron chi connectivity index (χ1n) is 12.7. The molecule has 0 saturated carbocycles. The Morgan fingerprint density at radius 2 is 1.64 bits per heavy atom. The second-order valence-corrected chi connectivity index (χ2v) is 10.3. The van der Waals surface area contributed by atoms with Crippen molar-refractivity contribution < 1.29 is 14.3 Å². The molecule has 0 atom stereocenters.